The first-order valence-electron chi connectivity index (χ1n) is 9.74. The lowest BCUT2D eigenvalue weighted by Crippen LogP contribution is -2.29. The zero-order valence-electron chi connectivity index (χ0n) is 15.8. The molecule has 0 atom stereocenters. The fourth-order valence-corrected chi connectivity index (χ4v) is 4.04. The van der Waals surface area contributed by atoms with Crippen molar-refractivity contribution in [3.8, 4) is 22.4 Å². The number of anilines is 1. The van der Waals surface area contributed by atoms with Crippen LogP contribution in [0.1, 0.15) is 18.9 Å². The van der Waals surface area contributed by atoms with Crippen molar-refractivity contribution >= 4 is 28.2 Å². The van der Waals surface area contributed by atoms with Crippen LogP contribution < -0.4 is 11.1 Å². The van der Waals surface area contributed by atoms with Crippen LogP contribution in [-0.2, 0) is 0 Å². The van der Waals surface area contributed by atoms with Gasteiger partial charge in [-0.1, -0.05) is 17.7 Å². The number of benzene rings is 1. The molecule has 3 aromatic heterocycles. The van der Waals surface area contributed by atoms with E-state index >= 15 is 0 Å². The van der Waals surface area contributed by atoms with E-state index in [4.69, 9.17) is 17.3 Å². The quantitative estimate of drug-likeness (QED) is 0.531. The second kappa shape index (κ2) is 7.46. The van der Waals surface area contributed by atoms with Gasteiger partial charge in [0.05, 0.1) is 17.9 Å². The van der Waals surface area contributed by atoms with Crippen LogP contribution in [0, 0.1) is 0 Å². The standard InChI is InChI=1S/C22H21ClN6/c23-18-2-1-14-9-21(26-10-15(14)7-18)20-8-16(11-27-22(20)24)17-12-28-29(13-17)19-3-5-25-6-4-19/h1-2,7-13,19,25H,3-6H2,(H2,24,27). The lowest BCUT2D eigenvalue weighted by atomic mass is 10.0. The maximum Gasteiger partial charge on any atom is 0.132 e. The number of hydrogen-bond acceptors (Lipinski definition) is 5. The number of rotatable bonds is 3. The van der Waals surface area contributed by atoms with Crippen molar-refractivity contribution in [3.63, 3.8) is 0 Å². The molecule has 29 heavy (non-hydrogen) atoms. The van der Waals surface area contributed by atoms with E-state index in [1.54, 1.807) is 6.20 Å². The highest BCUT2D eigenvalue weighted by molar-refractivity contribution is 6.31. The topological polar surface area (TPSA) is 81.6 Å². The van der Waals surface area contributed by atoms with Crippen molar-refractivity contribution in [2.24, 2.45) is 0 Å². The number of halogens is 1. The van der Waals surface area contributed by atoms with Crippen LogP contribution in [0.2, 0.25) is 5.02 Å². The summed E-state index contributed by atoms with van der Waals surface area (Å²) >= 11 is 6.08. The first-order valence-corrected chi connectivity index (χ1v) is 10.1. The van der Waals surface area contributed by atoms with Crippen LogP contribution in [0.15, 0.2) is 55.1 Å². The zero-order valence-corrected chi connectivity index (χ0v) is 16.6. The number of aromatic nitrogens is 4. The van der Waals surface area contributed by atoms with Gasteiger partial charge < -0.3 is 11.1 Å². The molecule has 4 heterocycles. The fraction of sp³-hybridized carbons (Fsp3) is 0.227. The largest absolute Gasteiger partial charge is 0.383 e. The highest BCUT2D eigenvalue weighted by Gasteiger charge is 2.17. The van der Waals surface area contributed by atoms with Crippen LogP contribution in [0.5, 0.6) is 0 Å². The Hall–Kier alpha value is -2.96. The number of hydrogen-bond donors (Lipinski definition) is 2. The highest BCUT2D eigenvalue weighted by Crippen LogP contribution is 2.31. The molecule has 1 aliphatic rings. The zero-order chi connectivity index (χ0) is 19.8. The maximum atomic E-state index is 6.19. The Bertz CT molecular complexity index is 1180. The van der Waals surface area contributed by atoms with E-state index in [0.717, 1.165) is 59.1 Å². The van der Waals surface area contributed by atoms with Crippen molar-refractivity contribution in [2.75, 3.05) is 18.8 Å². The molecule has 6 nitrogen and oxygen atoms in total. The molecule has 0 radical (unpaired) electrons. The molecule has 4 aromatic rings. The summed E-state index contributed by atoms with van der Waals surface area (Å²) in [6.45, 7) is 2.07. The monoisotopic (exact) mass is 404 g/mol. The maximum absolute atomic E-state index is 6.19. The van der Waals surface area contributed by atoms with Gasteiger partial charge in [0.2, 0.25) is 0 Å². The average molecular weight is 405 g/mol. The van der Waals surface area contributed by atoms with Gasteiger partial charge in [-0.05, 0) is 55.6 Å². The summed E-state index contributed by atoms with van der Waals surface area (Å²) in [5.41, 5.74) is 9.80. The van der Waals surface area contributed by atoms with E-state index in [9.17, 15) is 0 Å². The van der Waals surface area contributed by atoms with Crippen LogP contribution in [0.3, 0.4) is 0 Å². The number of fused-ring (bicyclic) bond motifs is 1. The van der Waals surface area contributed by atoms with Crippen molar-refractivity contribution < 1.29 is 0 Å². The highest BCUT2D eigenvalue weighted by atomic mass is 35.5. The minimum Gasteiger partial charge on any atom is -0.383 e. The molecular formula is C22H21ClN6. The summed E-state index contributed by atoms with van der Waals surface area (Å²) in [5.74, 6) is 0.459. The van der Waals surface area contributed by atoms with Gasteiger partial charge >= 0.3 is 0 Å². The molecule has 0 amide bonds. The van der Waals surface area contributed by atoms with Crippen molar-refractivity contribution in [2.45, 2.75) is 18.9 Å². The molecular weight excluding hydrogens is 384 g/mol. The molecule has 146 valence electrons. The molecule has 1 fully saturated rings. The number of nitrogens with two attached hydrogens (primary N) is 1. The Morgan fingerprint density at radius 2 is 1.83 bits per heavy atom. The van der Waals surface area contributed by atoms with Gasteiger partial charge in [0.25, 0.3) is 0 Å². The molecule has 0 bridgehead atoms. The lowest BCUT2D eigenvalue weighted by Gasteiger charge is -2.22. The second-order valence-corrected chi connectivity index (χ2v) is 7.84. The summed E-state index contributed by atoms with van der Waals surface area (Å²) in [4.78, 5) is 9.00. The number of piperidine rings is 1. The third kappa shape index (κ3) is 3.57. The second-order valence-electron chi connectivity index (χ2n) is 7.41. The van der Waals surface area contributed by atoms with Crippen LogP contribution in [-0.4, -0.2) is 32.8 Å². The Labute approximate surface area is 173 Å². The predicted molar refractivity (Wildman–Crippen MR) is 117 cm³/mol. The summed E-state index contributed by atoms with van der Waals surface area (Å²) in [6, 6.07) is 10.3. The van der Waals surface area contributed by atoms with Gasteiger partial charge in [-0.2, -0.15) is 5.10 Å². The van der Waals surface area contributed by atoms with Crippen molar-refractivity contribution in [1.82, 2.24) is 25.1 Å². The summed E-state index contributed by atoms with van der Waals surface area (Å²) < 4.78 is 2.07. The molecule has 7 heteroatoms. The summed E-state index contributed by atoms with van der Waals surface area (Å²) in [5, 5.41) is 10.7. The Kier molecular flexibility index (Phi) is 4.66. The molecule has 0 spiro atoms. The molecule has 3 N–H and O–H groups in total. The predicted octanol–water partition coefficient (Wildman–Crippen LogP) is 4.32. The third-order valence-electron chi connectivity index (χ3n) is 5.50. The molecule has 0 saturated carbocycles. The van der Waals surface area contributed by atoms with Gasteiger partial charge in [0.1, 0.15) is 5.82 Å². The van der Waals surface area contributed by atoms with Gasteiger partial charge in [0, 0.05) is 45.7 Å². The Morgan fingerprint density at radius 3 is 2.69 bits per heavy atom. The van der Waals surface area contributed by atoms with Gasteiger partial charge in [0.15, 0.2) is 0 Å². The minimum absolute atomic E-state index is 0.445. The third-order valence-corrected chi connectivity index (χ3v) is 5.73. The average Bonchev–Trinajstić information content (AvgIpc) is 3.25. The smallest absolute Gasteiger partial charge is 0.132 e. The van der Waals surface area contributed by atoms with Gasteiger partial charge in [-0.3, -0.25) is 9.67 Å². The number of pyridine rings is 2. The van der Waals surface area contributed by atoms with E-state index < -0.39 is 0 Å². The Balaban J connectivity index is 1.50. The summed E-state index contributed by atoms with van der Waals surface area (Å²) in [7, 11) is 0. The molecule has 0 unspecified atom stereocenters. The SMILES string of the molecule is Nc1ncc(-c2cnn(C3CCNCC3)c2)cc1-c1cc2ccc(Cl)cc2cn1. The van der Waals surface area contributed by atoms with Gasteiger partial charge in [-0.15, -0.1) is 0 Å². The lowest BCUT2D eigenvalue weighted by molar-refractivity contribution is 0.343. The van der Waals surface area contributed by atoms with E-state index in [0.29, 0.717) is 16.9 Å². The van der Waals surface area contributed by atoms with Crippen LogP contribution in [0.25, 0.3) is 33.2 Å². The van der Waals surface area contributed by atoms with Crippen molar-refractivity contribution in [3.05, 3.63) is 60.1 Å². The molecule has 0 aliphatic carbocycles. The van der Waals surface area contributed by atoms with Crippen LogP contribution >= 0.6 is 11.6 Å². The first-order chi connectivity index (χ1) is 14.2. The van der Waals surface area contributed by atoms with E-state index in [2.05, 4.69) is 31.3 Å². The first kappa shape index (κ1) is 18.1. The normalized spacial score (nSPS) is 15.1. The molecule has 1 saturated heterocycles. The van der Waals surface area contributed by atoms with E-state index in [1.165, 1.54) is 0 Å². The molecule has 5 rings (SSSR count). The number of nitrogens with zero attached hydrogens (tertiary/aromatic N) is 4. The molecule has 1 aliphatic heterocycles. The number of nitrogens with one attached hydrogen (secondary N) is 1. The van der Waals surface area contributed by atoms with Crippen molar-refractivity contribution in [1.29, 1.82) is 0 Å². The fourth-order valence-electron chi connectivity index (χ4n) is 3.86. The van der Waals surface area contributed by atoms with E-state index in [1.807, 2.05) is 42.7 Å². The van der Waals surface area contributed by atoms with Gasteiger partial charge in [-0.25, -0.2) is 4.98 Å². The molecule has 1 aromatic carbocycles. The minimum atomic E-state index is 0.445. The Morgan fingerprint density at radius 1 is 0.966 bits per heavy atom. The number of nitrogen functional groups attached to an aromatic ring is 1. The summed E-state index contributed by atoms with van der Waals surface area (Å²) in [6.07, 6.45) is 9.80. The van der Waals surface area contributed by atoms with Crippen LogP contribution in [0.4, 0.5) is 5.82 Å². The van der Waals surface area contributed by atoms with E-state index in [-0.39, 0.29) is 0 Å².